The van der Waals surface area contributed by atoms with Crippen molar-refractivity contribution < 1.29 is 4.79 Å². The average molecular weight is 257 g/mol. The summed E-state index contributed by atoms with van der Waals surface area (Å²) in [6, 6.07) is 0.559. The first-order valence-electron chi connectivity index (χ1n) is 6.46. The molecule has 1 aliphatic rings. The number of nitrogens with zero attached hydrogens (tertiary/aromatic N) is 1. The standard InChI is InChI=1S/C12H23N3OS/c1-3-7-13-11(16)5-8-14-12-15-10(4-2)6-9-17-12/h10H,3-9H2,1-2H3,(H,13,16)(H,14,15). The lowest BCUT2D eigenvalue weighted by molar-refractivity contribution is -0.120. The Bertz CT molecular complexity index is 268. The van der Waals surface area contributed by atoms with Gasteiger partial charge in [-0.25, -0.2) is 0 Å². The van der Waals surface area contributed by atoms with Crippen LogP contribution >= 0.6 is 11.8 Å². The Morgan fingerprint density at radius 3 is 3.12 bits per heavy atom. The quantitative estimate of drug-likeness (QED) is 0.762. The van der Waals surface area contributed by atoms with Gasteiger partial charge in [0.15, 0.2) is 5.17 Å². The second kappa shape index (κ2) is 8.39. The summed E-state index contributed by atoms with van der Waals surface area (Å²) in [6.45, 7) is 5.58. The molecular weight excluding hydrogens is 234 g/mol. The minimum absolute atomic E-state index is 0.101. The molecule has 98 valence electrons. The smallest absolute Gasteiger partial charge is 0.221 e. The van der Waals surface area contributed by atoms with E-state index in [0.717, 1.165) is 30.3 Å². The number of nitrogens with one attached hydrogen (secondary N) is 2. The maximum absolute atomic E-state index is 11.4. The van der Waals surface area contributed by atoms with E-state index in [1.165, 1.54) is 6.42 Å². The van der Waals surface area contributed by atoms with Crippen molar-refractivity contribution >= 4 is 22.8 Å². The van der Waals surface area contributed by atoms with Crippen molar-refractivity contribution in [1.82, 2.24) is 10.6 Å². The third-order valence-electron chi connectivity index (χ3n) is 2.69. The van der Waals surface area contributed by atoms with Crippen LogP contribution in [0.1, 0.15) is 39.5 Å². The molecule has 1 unspecified atom stereocenters. The molecule has 0 saturated carbocycles. The van der Waals surface area contributed by atoms with Crippen molar-refractivity contribution in [3.8, 4) is 0 Å². The lowest BCUT2D eigenvalue weighted by Crippen LogP contribution is -2.37. The van der Waals surface area contributed by atoms with Gasteiger partial charge in [0.1, 0.15) is 0 Å². The van der Waals surface area contributed by atoms with Gasteiger partial charge in [0.05, 0.1) is 6.54 Å². The first-order chi connectivity index (χ1) is 8.26. The van der Waals surface area contributed by atoms with Crippen LogP contribution in [0.5, 0.6) is 0 Å². The van der Waals surface area contributed by atoms with E-state index in [4.69, 9.17) is 0 Å². The molecule has 4 nitrogen and oxygen atoms in total. The number of hydrogen-bond donors (Lipinski definition) is 2. The number of rotatable bonds is 6. The normalized spacial score (nSPS) is 22.2. The van der Waals surface area contributed by atoms with Crippen LogP contribution in [0.3, 0.4) is 0 Å². The molecule has 0 radical (unpaired) electrons. The minimum atomic E-state index is 0.101. The van der Waals surface area contributed by atoms with Crippen molar-refractivity contribution in [1.29, 1.82) is 0 Å². The monoisotopic (exact) mass is 257 g/mol. The predicted octanol–water partition coefficient (Wildman–Crippen LogP) is 1.76. The molecule has 1 aliphatic heterocycles. The number of carbonyl (C=O) groups excluding carboxylic acids is 1. The number of carbonyl (C=O) groups is 1. The largest absolute Gasteiger partial charge is 0.362 e. The number of amides is 1. The summed E-state index contributed by atoms with van der Waals surface area (Å²) in [5.41, 5.74) is 0. The molecule has 5 heteroatoms. The summed E-state index contributed by atoms with van der Waals surface area (Å²) in [5, 5.41) is 7.26. The number of thioether (sulfide) groups is 1. The van der Waals surface area contributed by atoms with Crippen LogP contribution in [0.2, 0.25) is 0 Å². The lowest BCUT2D eigenvalue weighted by Gasteiger charge is -2.24. The van der Waals surface area contributed by atoms with Crippen LogP contribution in [0.15, 0.2) is 4.99 Å². The van der Waals surface area contributed by atoms with E-state index in [0.29, 0.717) is 19.0 Å². The van der Waals surface area contributed by atoms with Crippen LogP contribution in [0.4, 0.5) is 0 Å². The van der Waals surface area contributed by atoms with Gasteiger partial charge in [0, 0.05) is 24.8 Å². The Hall–Kier alpha value is -0.710. The highest BCUT2D eigenvalue weighted by molar-refractivity contribution is 8.13. The van der Waals surface area contributed by atoms with Gasteiger partial charge in [-0.3, -0.25) is 9.79 Å². The van der Waals surface area contributed by atoms with Gasteiger partial charge in [0.2, 0.25) is 5.91 Å². The molecule has 1 saturated heterocycles. The van der Waals surface area contributed by atoms with E-state index in [-0.39, 0.29) is 5.91 Å². The number of aliphatic imine (C=N–C) groups is 1. The zero-order valence-corrected chi connectivity index (χ0v) is 11.6. The fourth-order valence-corrected chi connectivity index (χ4v) is 2.62. The fourth-order valence-electron chi connectivity index (χ4n) is 1.60. The molecule has 0 aliphatic carbocycles. The second-order valence-corrected chi connectivity index (χ2v) is 5.26. The van der Waals surface area contributed by atoms with E-state index in [9.17, 15) is 4.79 Å². The van der Waals surface area contributed by atoms with E-state index >= 15 is 0 Å². The Morgan fingerprint density at radius 1 is 1.59 bits per heavy atom. The minimum Gasteiger partial charge on any atom is -0.362 e. The van der Waals surface area contributed by atoms with Gasteiger partial charge >= 0.3 is 0 Å². The molecule has 2 N–H and O–H groups in total. The van der Waals surface area contributed by atoms with Gasteiger partial charge in [-0.05, 0) is 19.3 Å². The summed E-state index contributed by atoms with van der Waals surface area (Å²) in [4.78, 5) is 15.8. The topological polar surface area (TPSA) is 53.5 Å². The first kappa shape index (κ1) is 14.4. The molecule has 0 aromatic rings. The molecule has 0 bridgehead atoms. The van der Waals surface area contributed by atoms with Crippen molar-refractivity contribution in [2.24, 2.45) is 4.99 Å². The molecule has 1 amide bonds. The zero-order chi connectivity index (χ0) is 12.5. The summed E-state index contributed by atoms with van der Waals surface area (Å²) in [5.74, 6) is 1.23. The summed E-state index contributed by atoms with van der Waals surface area (Å²) >= 11 is 1.76. The highest BCUT2D eigenvalue weighted by Gasteiger charge is 2.15. The number of amidine groups is 1. The van der Waals surface area contributed by atoms with Gasteiger partial charge in [-0.2, -0.15) is 0 Å². The molecule has 0 aromatic carbocycles. The molecule has 1 rings (SSSR count). The van der Waals surface area contributed by atoms with Gasteiger partial charge in [-0.1, -0.05) is 25.6 Å². The summed E-state index contributed by atoms with van der Waals surface area (Å²) in [7, 11) is 0. The Labute approximate surface area is 108 Å². The van der Waals surface area contributed by atoms with Crippen LogP contribution in [0.25, 0.3) is 0 Å². The Kier molecular flexibility index (Phi) is 7.08. The Balaban J connectivity index is 2.21. The highest BCUT2D eigenvalue weighted by atomic mass is 32.2. The van der Waals surface area contributed by atoms with Crippen molar-refractivity contribution in [3.63, 3.8) is 0 Å². The Morgan fingerprint density at radius 2 is 2.41 bits per heavy atom. The number of hydrogen-bond acceptors (Lipinski definition) is 3. The molecule has 1 fully saturated rings. The molecule has 1 atom stereocenters. The SMILES string of the molecule is CCCNC(=O)CCN=C1NC(CC)CCS1. The zero-order valence-electron chi connectivity index (χ0n) is 10.8. The molecule has 1 heterocycles. The van der Waals surface area contributed by atoms with Crippen LogP contribution in [-0.4, -0.2) is 36.0 Å². The highest BCUT2D eigenvalue weighted by Crippen LogP contribution is 2.15. The third kappa shape index (κ3) is 5.96. The first-order valence-corrected chi connectivity index (χ1v) is 7.45. The van der Waals surface area contributed by atoms with Crippen molar-refractivity contribution in [3.05, 3.63) is 0 Å². The maximum atomic E-state index is 11.4. The molecule has 17 heavy (non-hydrogen) atoms. The van der Waals surface area contributed by atoms with E-state index < -0.39 is 0 Å². The molecule has 0 spiro atoms. The molecule has 0 aromatic heterocycles. The van der Waals surface area contributed by atoms with Crippen molar-refractivity contribution in [2.45, 2.75) is 45.6 Å². The van der Waals surface area contributed by atoms with Gasteiger partial charge in [-0.15, -0.1) is 0 Å². The summed E-state index contributed by atoms with van der Waals surface area (Å²) < 4.78 is 0. The van der Waals surface area contributed by atoms with Gasteiger partial charge < -0.3 is 10.6 Å². The lowest BCUT2D eigenvalue weighted by atomic mass is 10.2. The van der Waals surface area contributed by atoms with Gasteiger partial charge in [0.25, 0.3) is 0 Å². The van der Waals surface area contributed by atoms with E-state index in [1.807, 2.05) is 6.92 Å². The van der Waals surface area contributed by atoms with Crippen molar-refractivity contribution in [2.75, 3.05) is 18.8 Å². The van der Waals surface area contributed by atoms with Crippen LogP contribution in [-0.2, 0) is 4.79 Å². The average Bonchev–Trinajstić information content (AvgIpc) is 2.36. The van der Waals surface area contributed by atoms with Crippen LogP contribution in [0, 0.1) is 0 Å². The molecular formula is C12H23N3OS. The summed E-state index contributed by atoms with van der Waals surface area (Å²) in [6.07, 6.45) is 3.81. The fraction of sp³-hybridized carbons (Fsp3) is 0.833. The maximum Gasteiger partial charge on any atom is 0.221 e. The third-order valence-corrected chi connectivity index (χ3v) is 3.65. The van der Waals surface area contributed by atoms with Crippen LogP contribution < -0.4 is 10.6 Å². The predicted molar refractivity (Wildman–Crippen MR) is 74.5 cm³/mol. The van der Waals surface area contributed by atoms with E-state index in [2.05, 4.69) is 22.5 Å². The second-order valence-electron chi connectivity index (χ2n) is 4.17. The van der Waals surface area contributed by atoms with E-state index in [1.54, 1.807) is 11.8 Å².